The zero-order valence-electron chi connectivity index (χ0n) is 44.5. The average molecular weight is 1040 g/mol. The monoisotopic (exact) mass is 1040 g/mol. The fraction of sp³-hybridized carbons (Fsp3) is 0. The van der Waals surface area contributed by atoms with Crippen molar-refractivity contribution < 1.29 is 0 Å². The van der Waals surface area contributed by atoms with Gasteiger partial charge in [-0.15, -0.1) is 0 Å². The minimum Gasteiger partial charge on any atom is -0.278 e. The van der Waals surface area contributed by atoms with Gasteiger partial charge in [-0.05, 0) is 202 Å². The van der Waals surface area contributed by atoms with Gasteiger partial charge in [0.1, 0.15) is 0 Å². The molecule has 17 aromatic rings. The lowest BCUT2D eigenvalue weighted by Crippen LogP contribution is -2.00. The number of fused-ring (bicyclic) bond motifs is 29. The summed E-state index contributed by atoms with van der Waals surface area (Å²) in [5.74, 6) is 0.900. The van der Waals surface area contributed by atoms with Crippen LogP contribution >= 0.6 is 0 Å². The Hall–Kier alpha value is -10.9. The van der Waals surface area contributed by atoms with Crippen LogP contribution in [0.5, 0.6) is 0 Å². The van der Waals surface area contributed by atoms with Crippen LogP contribution in [0.4, 0.5) is 0 Å². The Morgan fingerprint density at radius 3 is 1.04 bits per heavy atom. The molecule has 18 rings (SSSR count). The van der Waals surface area contributed by atoms with Crippen LogP contribution in [0.3, 0.4) is 0 Å². The van der Waals surface area contributed by atoms with Gasteiger partial charge in [-0.1, -0.05) is 224 Å². The summed E-state index contributed by atoms with van der Waals surface area (Å²) in [7, 11) is 0. The number of hydrogen-bond donors (Lipinski definition) is 0. The first-order valence-corrected chi connectivity index (χ1v) is 28.4. The molecule has 0 bridgehead atoms. The minimum absolute atomic E-state index is 0.900. The molecule has 2 aromatic heterocycles. The maximum atomic E-state index is 5.26. The number of imidazole rings is 2. The fourth-order valence-corrected chi connectivity index (χ4v) is 14.3. The van der Waals surface area contributed by atoms with Crippen molar-refractivity contribution in [3.05, 3.63) is 285 Å². The Bertz CT molecular complexity index is 5720. The van der Waals surface area contributed by atoms with Gasteiger partial charge in [0.25, 0.3) is 0 Å². The minimum atomic E-state index is 0.900. The standard InChI is InChI=1S/C79H47N3/c1-2-20-52-51(19-1)53-21-5-8-26-58(53)71-46-73-60-28-10-7-25-57(60)66-41-38-49(44-69(66)62-30-12-14-32-64(62)74(73)47-72(71)59-27-9-6-22-54(52)59)48-37-40-65-55-23-3-4-24-56(55)67-42-39-50(45-70(67)63-31-13-11-29-61(63)68(65)43-48)81-77-35-17-18-36-78(77)82-76-34-16-15-33-75(76)80-79(81)82/h1-47H. The van der Waals surface area contributed by atoms with Gasteiger partial charge in [0.15, 0.2) is 0 Å². The average Bonchev–Trinajstić information content (AvgIpc) is 4.24. The van der Waals surface area contributed by atoms with Crippen molar-refractivity contribution in [1.82, 2.24) is 14.0 Å². The molecule has 0 saturated heterocycles. The molecule has 0 N–H and O–H groups in total. The summed E-state index contributed by atoms with van der Waals surface area (Å²) in [6, 6.07) is 106. The smallest absolute Gasteiger partial charge is 0.220 e. The van der Waals surface area contributed by atoms with Crippen molar-refractivity contribution in [2.75, 3.05) is 0 Å². The lowest BCUT2D eigenvalue weighted by Gasteiger charge is -2.24. The summed E-state index contributed by atoms with van der Waals surface area (Å²) in [5.41, 5.74) is 17.4. The van der Waals surface area contributed by atoms with E-state index in [0.717, 1.165) is 33.5 Å². The van der Waals surface area contributed by atoms with Gasteiger partial charge < -0.3 is 0 Å². The first kappa shape index (κ1) is 45.0. The molecule has 0 unspecified atom stereocenters. The van der Waals surface area contributed by atoms with E-state index in [1.165, 1.54) is 142 Å². The van der Waals surface area contributed by atoms with Crippen LogP contribution < -0.4 is 0 Å². The van der Waals surface area contributed by atoms with Crippen LogP contribution in [0.2, 0.25) is 0 Å². The van der Waals surface area contributed by atoms with Crippen molar-refractivity contribution >= 4 is 114 Å². The molecule has 0 saturated carbocycles. The third kappa shape index (κ3) is 6.45. The van der Waals surface area contributed by atoms with E-state index in [-0.39, 0.29) is 0 Å². The van der Waals surface area contributed by atoms with Crippen LogP contribution in [-0.2, 0) is 0 Å². The Morgan fingerprint density at radius 1 is 0.207 bits per heavy atom. The van der Waals surface area contributed by atoms with Gasteiger partial charge in [-0.3, -0.25) is 8.97 Å². The van der Waals surface area contributed by atoms with Crippen LogP contribution in [0.25, 0.3) is 175 Å². The normalized spacial score (nSPS) is 12.1. The molecule has 3 heteroatoms. The molecule has 2 heterocycles. The number of rotatable bonds is 2. The molecule has 0 radical (unpaired) electrons. The topological polar surface area (TPSA) is 22.2 Å². The van der Waals surface area contributed by atoms with E-state index in [4.69, 9.17) is 4.98 Å². The van der Waals surface area contributed by atoms with Crippen LogP contribution in [0.15, 0.2) is 285 Å². The fourth-order valence-electron chi connectivity index (χ4n) is 14.3. The molecule has 0 atom stereocenters. The predicted octanol–water partition coefficient (Wildman–Crippen LogP) is 21.4. The molecular weight excluding hydrogens is 991 g/mol. The zero-order valence-corrected chi connectivity index (χ0v) is 44.5. The van der Waals surface area contributed by atoms with Crippen molar-refractivity contribution in [3.63, 3.8) is 0 Å². The van der Waals surface area contributed by atoms with E-state index in [0.29, 0.717) is 0 Å². The van der Waals surface area contributed by atoms with Gasteiger partial charge >= 0.3 is 0 Å². The van der Waals surface area contributed by atoms with Gasteiger partial charge in [0.2, 0.25) is 5.78 Å². The van der Waals surface area contributed by atoms with Crippen LogP contribution in [0, 0.1) is 0 Å². The summed E-state index contributed by atoms with van der Waals surface area (Å²) >= 11 is 0. The first-order chi connectivity index (χ1) is 40.7. The maximum absolute atomic E-state index is 5.26. The molecule has 3 nitrogen and oxygen atoms in total. The van der Waals surface area contributed by atoms with Crippen LogP contribution in [-0.4, -0.2) is 14.0 Å². The number of nitrogens with zero attached hydrogens (tertiary/aromatic N) is 3. The summed E-state index contributed by atoms with van der Waals surface area (Å²) in [5, 5.41) is 19.7. The molecule has 0 amide bonds. The van der Waals surface area contributed by atoms with Gasteiger partial charge in [-0.2, -0.15) is 0 Å². The Morgan fingerprint density at radius 2 is 0.537 bits per heavy atom. The molecule has 0 aliphatic heterocycles. The summed E-state index contributed by atoms with van der Waals surface area (Å²) in [6.45, 7) is 0. The highest BCUT2D eigenvalue weighted by atomic mass is 15.2. The van der Waals surface area contributed by atoms with Crippen molar-refractivity contribution in [3.8, 4) is 61.3 Å². The summed E-state index contributed by atoms with van der Waals surface area (Å²) in [6.07, 6.45) is 0. The zero-order chi connectivity index (χ0) is 53.6. The van der Waals surface area contributed by atoms with Crippen LogP contribution in [0.1, 0.15) is 0 Å². The highest BCUT2D eigenvalue weighted by Crippen LogP contribution is 2.50. The lowest BCUT2D eigenvalue weighted by molar-refractivity contribution is 1.11. The third-order valence-corrected chi connectivity index (χ3v) is 17.9. The second-order valence-electron chi connectivity index (χ2n) is 22.1. The largest absolute Gasteiger partial charge is 0.278 e. The highest BCUT2D eigenvalue weighted by molar-refractivity contribution is 6.32. The molecule has 1 aliphatic rings. The van der Waals surface area contributed by atoms with E-state index in [9.17, 15) is 0 Å². The van der Waals surface area contributed by atoms with Crippen molar-refractivity contribution in [1.29, 1.82) is 0 Å². The maximum Gasteiger partial charge on any atom is 0.220 e. The SMILES string of the molecule is c1ccc2c(c1)-c1ccc(-c3ccc4c5ccccc5c5cc6c7ccccc7c7ccccc7c7ccccc7c6cc5c5ccccc5c4c3)cc1-c1ccccc1-c1cc(-n3c4ccccc4n4c5ccccc5nc34)ccc1-2. The molecule has 1 aliphatic carbocycles. The first-order valence-electron chi connectivity index (χ1n) is 28.4. The summed E-state index contributed by atoms with van der Waals surface area (Å²) in [4.78, 5) is 5.26. The van der Waals surface area contributed by atoms with E-state index in [1.54, 1.807) is 0 Å². The van der Waals surface area contributed by atoms with Gasteiger partial charge in [-0.25, -0.2) is 4.98 Å². The second kappa shape index (κ2) is 17.3. The van der Waals surface area contributed by atoms with E-state index in [1.807, 2.05) is 0 Å². The van der Waals surface area contributed by atoms with Crippen molar-refractivity contribution in [2.24, 2.45) is 0 Å². The second-order valence-corrected chi connectivity index (χ2v) is 22.1. The van der Waals surface area contributed by atoms with Crippen molar-refractivity contribution in [2.45, 2.75) is 0 Å². The van der Waals surface area contributed by atoms with E-state index in [2.05, 4.69) is 294 Å². The van der Waals surface area contributed by atoms with E-state index < -0.39 is 0 Å². The number of para-hydroxylation sites is 4. The van der Waals surface area contributed by atoms with E-state index >= 15 is 0 Å². The number of hydrogen-bond acceptors (Lipinski definition) is 1. The molecule has 15 aromatic carbocycles. The number of aromatic nitrogens is 3. The van der Waals surface area contributed by atoms with Gasteiger partial charge in [0.05, 0.1) is 22.1 Å². The Balaban J connectivity index is 0.878. The quantitative estimate of drug-likeness (QED) is 0.169. The molecular formula is C79H47N3. The molecule has 378 valence electrons. The predicted molar refractivity (Wildman–Crippen MR) is 348 cm³/mol. The van der Waals surface area contributed by atoms with Gasteiger partial charge in [0, 0.05) is 5.69 Å². The summed E-state index contributed by atoms with van der Waals surface area (Å²) < 4.78 is 4.63. The molecule has 0 spiro atoms. The lowest BCUT2D eigenvalue weighted by atomic mass is 9.80. The Labute approximate surface area is 471 Å². The Kier molecular flexibility index (Phi) is 9.51. The highest BCUT2D eigenvalue weighted by Gasteiger charge is 2.25. The number of benzene rings is 13. The molecule has 82 heavy (non-hydrogen) atoms. The third-order valence-electron chi connectivity index (χ3n) is 17.9. The molecule has 0 fully saturated rings.